The minimum absolute atomic E-state index is 1.11. The first-order valence-corrected chi connectivity index (χ1v) is 7.01. The van der Waals surface area contributed by atoms with E-state index in [9.17, 15) is 0 Å². The van der Waals surface area contributed by atoms with Crippen molar-refractivity contribution < 1.29 is 0 Å². The van der Waals surface area contributed by atoms with Crippen LogP contribution in [0.1, 0.15) is 71.1 Å². The van der Waals surface area contributed by atoms with Crippen molar-refractivity contribution in [3.63, 3.8) is 0 Å². The Morgan fingerprint density at radius 3 is 2.06 bits per heavy atom. The molecule has 0 N–H and O–H groups in total. The van der Waals surface area contributed by atoms with Crippen LogP contribution in [0.3, 0.4) is 0 Å². The van der Waals surface area contributed by atoms with E-state index in [0.717, 1.165) is 19.3 Å². The first-order chi connectivity index (χ1) is 7.91. The van der Waals surface area contributed by atoms with Crippen molar-refractivity contribution in [1.82, 2.24) is 0 Å². The van der Waals surface area contributed by atoms with Crippen LogP contribution in [0.5, 0.6) is 0 Å². The van der Waals surface area contributed by atoms with Gasteiger partial charge in [-0.2, -0.15) is 0 Å². The van der Waals surface area contributed by atoms with Crippen LogP contribution in [-0.2, 0) is 0 Å². The highest BCUT2D eigenvalue weighted by Gasteiger charge is 1.88. The molecule has 0 spiro atoms. The van der Waals surface area contributed by atoms with Gasteiger partial charge in [0.25, 0.3) is 0 Å². The fourth-order valence-electron chi connectivity index (χ4n) is 1.70. The summed E-state index contributed by atoms with van der Waals surface area (Å²) in [5, 5.41) is 0. The van der Waals surface area contributed by atoms with Crippen LogP contribution >= 0.6 is 0 Å². The Balaban J connectivity index is 3.05. The molecule has 0 atom stereocenters. The summed E-state index contributed by atoms with van der Waals surface area (Å²) in [6.45, 7) is 6.04. The Labute approximate surface area is 103 Å². The van der Waals surface area contributed by atoms with Crippen molar-refractivity contribution >= 4 is 0 Å². The van der Waals surface area contributed by atoms with Gasteiger partial charge in [-0.25, -0.2) is 0 Å². The predicted molar refractivity (Wildman–Crippen MR) is 75.5 cm³/mol. The number of unbranched alkanes of at least 4 members (excludes halogenated alkanes) is 7. The number of hydrogen-bond donors (Lipinski definition) is 0. The highest BCUT2D eigenvalue weighted by molar-refractivity contribution is 4.92. The van der Waals surface area contributed by atoms with Crippen molar-refractivity contribution in [3.05, 3.63) is 31.2 Å². The van der Waals surface area contributed by atoms with Gasteiger partial charge in [0, 0.05) is 0 Å². The molecule has 0 bridgehead atoms. The second-order valence-electron chi connectivity index (χ2n) is 4.35. The average Bonchev–Trinajstić information content (AvgIpc) is 2.31. The lowest BCUT2D eigenvalue weighted by Crippen LogP contribution is -1.78. The second kappa shape index (κ2) is 14.5. The van der Waals surface area contributed by atoms with Gasteiger partial charge >= 0.3 is 0 Å². The molecule has 0 aliphatic rings. The van der Waals surface area contributed by atoms with Gasteiger partial charge in [0.2, 0.25) is 0 Å². The molecule has 0 heteroatoms. The summed E-state index contributed by atoms with van der Waals surface area (Å²) in [7, 11) is 0. The Bertz CT molecular complexity index is 165. The van der Waals surface area contributed by atoms with Gasteiger partial charge < -0.3 is 0 Å². The zero-order chi connectivity index (χ0) is 11.9. The third-order valence-corrected chi connectivity index (χ3v) is 2.71. The smallest absolute Gasteiger partial charge is 0.0169 e. The summed E-state index contributed by atoms with van der Waals surface area (Å²) in [5.41, 5.74) is 0. The summed E-state index contributed by atoms with van der Waals surface area (Å²) in [6.07, 6.45) is 22.0. The van der Waals surface area contributed by atoms with Gasteiger partial charge in [-0.15, -0.1) is 0 Å². The standard InChI is InChI=1S/C16H29/c1-3-5-7-9-11-13-15-16-14-12-10-8-6-4-2/h6,8,12,14H,1,3-5,7,9-11,13,15-16H2,2H3. The van der Waals surface area contributed by atoms with Crippen LogP contribution < -0.4 is 0 Å². The van der Waals surface area contributed by atoms with Crippen molar-refractivity contribution in [2.75, 3.05) is 0 Å². The van der Waals surface area contributed by atoms with E-state index >= 15 is 0 Å². The van der Waals surface area contributed by atoms with E-state index in [1.807, 2.05) is 0 Å². The van der Waals surface area contributed by atoms with Crippen molar-refractivity contribution in [2.24, 2.45) is 0 Å². The molecule has 0 aromatic rings. The number of rotatable bonds is 11. The van der Waals surface area contributed by atoms with E-state index in [4.69, 9.17) is 0 Å². The lowest BCUT2D eigenvalue weighted by molar-refractivity contribution is 0.599. The second-order valence-corrected chi connectivity index (χ2v) is 4.35. The maximum absolute atomic E-state index is 3.86. The van der Waals surface area contributed by atoms with Gasteiger partial charge in [-0.3, -0.25) is 0 Å². The Kier molecular flexibility index (Phi) is 14.0. The molecule has 93 valence electrons. The van der Waals surface area contributed by atoms with Gasteiger partial charge in [0.1, 0.15) is 0 Å². The van der Waals surface area contributed by atoms with Gasteiger partial charge in [0.05, 0.1) is 0 Å². The highest BCUT2D eigenvalue weighted by Crippen LogP contribution is 2.08. The molecule has 0 heterocycles. The molecule has 0 saturated heterocycles. The average molecular weight is 221 g/mol. The van der Waals surface area contributed by atoms with Crippen molar-refractivity contribution in [2.45, 2.75) is 71.1 Å². The Hall–Kier alpha value is -0.520. The third kappa shape index (κ3) is 13.5. The molecule has 0 unspecified atom stereocenters. The largest absolute Gasteiger partial charge is 0.0885 e. The zero-order valence-corrected chi connectivity index (χ0v) is 11.1. The minimum atomic E-state index is 1.11. The summed E-state index contributed by atoms with van der Waals surface area (Å²) in [5.74, 6) is 0. The molecular weight excluding hydrogens is 192 g/mol. The summed E-state index contributed by atoms with van der Waals surface area (Å²) >= 11 is 0. The fourth-order valence-corrected chi connectivity index (χ4v) is 1.70. The van der Waals surface area contributed by atoms with Gasteiger partial charge in [0.15, 0.2) is 0 Å². The summed E-state index contributed by atoms with van der Waals surface area (Å²) < 4.78 is 0. The zero-order valence-electron chi connectivity index (χ0n) is 11.1. The van der Waals surface area contributed by atoms with Crippen LogP contribution in [0.25, 0.3) is 0 Å². The molecule has 0 nitrogen and oxygen atoms in total. The molecule has 16 heavy (non-hydrogen) atoms. The SMILES string of the molecule is [CH2]CCCCCCCCC=CCC=CCC. The fraction of sp³-hybridized carbons (Fsp3) is 0.688. The van der Waals surface area contributed by atoms with E-state index < -0.39 is 0 Å². The summed E-state index contributed by atoms with van der Waals surface area (Å²) in [6, 6.07) is 0. The number of hydrogen-bond acceptors (Lipinski definition) is 0. The van der Waals surface area contributed by atoms with Crippen LogP contribution in [0.2, 0.25) is 0 Å². The molecular formula is C16H29. The third-order valence-electron chi connectivity index (χ3n) is 2.71. The molecule has 0 fully saturated rings. The molecule has 0 amide bonds. The molecule has 0 aliphatic carbocycles. The first kappa shape index (κ1) is 15.5. The highest BCUT2D eigenvalue weighted by atomic mass is 13.9. The molecule has 0 aliphatic heterocycles. The van der Waals surface area contributed by atoms with Crippen LogP contribution in [-0.4, -0.2) is 0 Å². The van der Waals surface area contributed by atoms with Gasteiger partial charge in [-0.05, 0) is 25.7 Å². The maximum atomic E-state index is 3.86. The molecule has 0 aromatic heterocycles. The lowest BCUT2D eigenvalue weighted by atomic mass is 10.1. The van der Waals surface area contributed by atoms with E-state index in [1.165, 1.54) is 44.9 Å². The molecule has 0 saturated carbocycles. The van der Waals surface area contributed by atoms with E-state index in [0.29, 0.717) is 0 Å². The molecule has 0 aromatic carbocycles. The Morgan fingerprint density at radius 2 is 1.38 bits per heavy atom. The van der Waals surface area contributed by atoms with E-state index in [-0.39, 0.29) is 0 Å². The normalized spacial score (nSPS) is 11.9. The van der Waals surface area contributed by atoms with E-state index in [1.54, 1.807) is 0 Å². The van der Waals surface area contributed by atoms with Crippen LogP contribution in [0.15, 0.2) is 24.3 Å². The van der Waals surface area contributed by atoms with Crippen LogP contribution in [0.4, 0.5) is 0 Å². The lowest BCUT2D eigenvalue weighted by Gasteiger charge is -1.98. The maximum Gasteiger partial charge on any atom is -0.0169 e. The quantitative estimate of drug-likeness (QED) is 0.303. The predicted octanol–water partition coefficient (Wildman–Crippen LogP) is 5.85. The summed E-state index contributed by atoms with van der Waals surface area (Å²) in [4.78, 5) is 0. The molecule has 1 radical (unpaired) electrons. The Morgan fingerprint density at radius 1 is 0.750 bits per heavy atom. The minimum Gasteiger partial charge on any atom is -0.0885 e. The van der Waals surface area contributed by atoms with Crippen LogP contribution in [0, 0.1) is 6.92 Å². The van der Waals surface area contributed by atoms with Crippen molar-refractivity contribution in [1.29, 1.82) is 0 Å². The topological polar surface area (TPSA) is 0 Å². The van der Waals surface area contributed by atoms with E-state index in [2.05, 4.69) is 38.2 Å². The van der Waals surface area contributed by atoms with Crippen molar-refractivity contribution in [3.8, 4) is 0 Å². The monoisotopic (exact) mass is 221 g/mol. The number of allylic oxidation sites excluding steroid dienone is 4. The van der Waals surface area contributed by atoms with Gasteiger partial charge in [-0.1, -0.05) is 76.7 Å². The molecule has 0 rings (SSSR count). The first-order valence-electron chi connectivity index (χ1n) is 7.01.